The molecule has 0 aliphatic carbocycles. The van der Waals surface area contributed by atoms with E-state index >= 15 is 0 Å². The van der Waals surface area contributed by atoms with Gasteiger partial charge in [0, 0.05) is 18.4 Å². The van der Waals surface area contributed by atoms with Gasteiger partial charge in [0.2, 0.25) is 5.91 Å². The minimum absolute atomic E-state index is 0.0105. The molecule has 1 amide bonds. The number of rotatable bonds is 9. The van der Waals surface area contributed by atoms with E-state index in [-0.39, 0.29) is 11.7 Å². The van der Waals surface area contributed by atoms with E-state index in [1.54, 1.807) is 19.1 Å². The number of aromatic nitrogens is 3. The summed E-state index contributed by atoms with van der Waals surface area (Å²) in [6.45, 7) is 2.49. The predicted octanol–water partition coefficient (Wildman–Crippen LogP) is 4.95. The van der Waals surface area contributed by atoms with E-state index < -0.39 is 0 Å². The van der Waals surface area contributed by atoms with Crippen LogP contribution in [-0.4, -0.2) is 40.6 Å². The van der Waals surface area contributed by atoms with Crippen LogP contribution in [0, 0.1) is 6.92 Å². The van der Waals surface area contributed by atoms with Crippen molar-refractivity contribution in [3.8, 4) is 11.4 Å². The first-order chi connectivity index (χ1) is 16.6. The fourth-order valence-corrected chi connectivity index (χ4v) is 4.40. The zero-order valence-corrected chi connectivity index (χ0v) is 20.2. The smallest absolute Gasteiger partial charge is 0.237 e. The van der Waals surface area contributed by atoms with Gasteiger partial charge < -0.3 is 15.0 Å². The van der Waals surface area contributed by atoms with Crippen molar-refractivity contribution in [1.29, 1.82) is 0 Å². The SMILES string of the molecule is COc1ccccc1NCc1nnc(SCC(=O)N(C)c2ccccc2)n1-c1cccc(C)c1. The molecule has 4 aromatic rings. The van der Waals surface area contributed by atoms with Crippen LogP contribution in [-0.2, 0) is 11.3 Å². The summed E-state index contributed by atoms with van der Waals surface area (Å²) in [5.74, 6) is 1.73. The Kier molecular flexibility index (Phi) is 7.49. The minimum Gasteiger partial charge on any atom is -0.495 e. The molecule has 8 heteroatoms. The fraction of sp³-hybridized carbons (Fsp3) is 0.192. The molecular weight excluding hydrogens is 446 g/mol. The number of anilines is 2. The van der Waals surface area contributed by atoms with Crippen LogP contribution in [0.2, 0.25) is 0 Å². The van der Waals surface area contributed by atoms with E-state index in [0.717, 1.165) is 34.2 Å². The number of aryl methyl sites for hydroxylation is 1. The minimum atomic E-state index is -0.0105. The van der Waals surface area contributed by atoms with Gasteiger partial charge in [-0.05, 0) is 48.9 Å². The molecule has 1 aromatic heterocycles. The molecule has 4 rings (SSSR count). The first kappa shape index (κ1) is 23.4. The highest BCUT2D eigenvalue weighted by Crippen LogP contribution is 2.26. The fourth-order valence-electron chi connectivity index (χ4n) is 3.52. The quantitative estimate of drug-likeness (QED) is 0.347. The molecule has 3 aromatic carbocycles. The third kappa shape index (κ3) is 5.40. The molecule has 7 nitrogen and oxygen atoms in total. The summed E-state index contributed by atoms with van der Waals surface area (Å²) in [6, 6.07) is 25.5. The summed E-state index contributed by atoms with van der Waals surface area (Å²) in [4.78, 5) is 14.5. The molecule has 1 N–H and O–H groups in total. The molecular formula is C26H27N5O2S. The molecule has 0 radical (unpaired) electrons. The maximum Gasteiger partial charge on any atom is 0.237 e. The Bertz CT molecular complexity index is 1260. The Morgan fingerprint density at radius 2 is 1.79 bits per heavy atom. The van der Waals surface area contributed by atoms with Crippen molar-refractivity contribution in [2.24, 2.45) is 0 Å². The Labute approximate surface area is 203 Å². The molecule has 174 valence electrons. The summed E-state index contributed by atoms with van der Waals surface area (Å²) in [6.07, 6.45) is 0. The number of nitrogens with one attached hydrogen (secondary N) is 1. The number of carbonyl (C=O) groups is 1. The molecule has 0 fully saturated rings. The molecule has 0 spiro atoms. The monoisotopic (exact) mass is 473 g/mol. The summed E-state index contributed by atoms with van der Waals surface area (Å²) < 4.78 is 7.44. The second-order valence-corrected chi connectivity index (χ2v) is 8.65. The number of benzene rings is 3. The average molecular weight is 474 g/mol. The standard InChI is InChI=1S/C26H27N5O2S/c1-19-10-9-13-21(16-19)31-24(17-27-22-14-7-8-15-23(22)33-3)28-29-26(31)34-18-25(32)30(2)20-11-5-4-6-12-20/h4-16,27H,17-18H2,1-3H3. The van der Waals surface area contributed by atoms with Crippen LogP contribution in [0.4, 0.5) is 11.4 Å². The van der Waals surface area contributed by atoms with E-state index in [9.17, 15) is 4.79 Å². The van der Waals surface area contributed by atoms with E-state index in [1.165, 1.54) is 11.8 Å². The summed E-state index contributed by atoms with van der Waals surface area (Å²) >= 11 is 1.37. The lowest BCUT2D eigenvalue weighted by atomic mass is 10.2. The number of hydrogen-bond donors (Lipinski definition) is 1. The third-order valence-corrected chi connectivity index (χ3v) is 6.26. The molecule has 0 bridgehead atoms. The van der Waals surface area contributed by atoms with Gasteiger partial charge in [-0.2, -0.15) is 0 Å². The summed E-state index contributed by atoms with van der Waals surface area (Å²) in [5.41, 5.74) is 3.81. The lowest BCUT2D eigenvalue weighted by Gasteiger charge is -2.17. The average Bonchev–Trinajstić information content (AvgIpc) is 3.29. The highest BCUT2D eigenvalue weighted by Gasteiger charge is 2.18. The molecule has 0 saturated carbocycles. The van der Waals surface area contributed by atoms with Gasteiger partial charge in [0.1, 0.15) is 5.75 Å². The zero-order valence-electron chi connectivity index (χ0n) is 19.4. The second-order valence-electron chi connectivity index (χ2n) is 7.70. The van der Waals surface area contributed by atoms with Crippen molar-refractivity contribution in [2.75, 3.05) is 30.1 Å². The largest absolute Gasteiger partial charge is 0.495 e. The van der Waals surface area contributed by atoms with Gasteiger partial charge in [0.05, 0.1) is 25.1 Å². The number of hydrogen-bond acceptors (Lipinski definition) is 6. The highest BCUT2D eigenvalue weighted by molar-refractivity contribution is 7.99. The number of ether oxygens (including phenoxy) is 1. The van der Waals surface area contributed by atoms with Gasteiger partial charge in [0.15, 0.2) is 11.0 Å². The Morgan fingerprint density at radius 3 is 2.56 bits per heavy atom. The molecule has 0 aliphatic rings. The number of amides is 1. The van der Waals surface area contributed by atoms with Gasteiger partial charge in [0.25, 0.3) is 0 Å². The Hall–Kier alpha value is -3.78. The molecule has 1 heterocycles. The molecule has 34 heavy (non-hydrogen) atoms. The Morgan fingerprint density at radius 1 is 1.03 bits per heavy atom. The van der Waals surface area contributed by atoms with Crippen LogP contribution in [0.5, 0.6) is 5.75 Å². The molecule has 0 saturated heterocycles. The van der Waals surface area contributed by atoms with Crippen molar-refractivity contribution in [1.82, 2.24) is 14.8 Å². The maximum atomic E-state index is 12.8. The molecule has 0 atom stereocenters. The van der Waals surface area contributed by atoms with Crippen molar-refractivity contribution in [3.63, 3.8) is 0 Å². The highest BCUT2D eigenvalue weighted by atomic mass is 32.2. The van der Waals surface area contributed by atoms with E-state index in [0.29, 0.717) is 11.7 Å². The molecule has 0 aliphatic heterocycles. The van der Waals surface area contributed by atoms with E-state index in [4.69, 9.17) is 4.74 Å². The number of thioether (sulfide) groups is 1. The van der Waals surface area contributed by atoms with Crippen LogP contribution in [0.25, 0.3) is 5.69 Å². The number of carbonyl (C=O) groups excluding carboxylic acids is 1. The number of methoxy groups -OCH3 is 1. The summed E-state index contributed by atoms with van der Waals surface area (Å²) in [5, 5.41) is 12.9. The number of para-hydroxylation sites is 3. The van der Waals surface area contributed by atoms with Crippen LogP contribution >= 0.6 is 11.8 Å². The molecule has 0 unspecified atom stereocenters. The van der Waals surface area contributed by atoms with Crippen LogP contribution in [0.3, 0.4) is 0 Å². The van der Waals surface area contributed by atoms with Crippen molar-refractivity contribution >= 4 is 29.0 Å². The van der Waals surface area contributed by atoms with Gasteiger partial charge in [-0.15, -0.1) is 10.2 Å². The van der Waals surface area contributed by atoms with Crippen molar-refractivity contribution in [2.45, 2.75) is 18.6 Å². The normalized spacial score (nSPS) is 10.7. The van der Waals surface area contributed by atoms with E-state index in [2.05, 4.69) is 21.6 Å². The topological polar surface area (TPSA) is 72.3 Å². The third-order valence-electron chi connectivity index (χ3n) is 5.35. The van der Waals surface area contributed by atoms with Gasteiger partial charge in [-0.25, -0.2) is 0 Å². The van der Waals surface area contributed by atoms with E-state index in [1.807, 2.05) is 84.3 Å². The zero-order chi connectivity index (χ0) is 23.9. The first-order valence-corrected chi connectivity index (χ1v) is 11.9. The van der Waals surface area contributed by atoms with Crippen LogP contribution in [0.1, 0.15) is 11.4 Å². The van der Waals surface area contributed by atoms with Gasteiger partial charge >= 0.3 is 0 Å². The Balaban J connectivity index is 1.56. The van der Waals surface area contributed by atoms with Crippen molar-refractivity contribution in [3.05, 3.63) is 90.3 Å². The van der Waals surface area contributed by atoms with Crippen molar-refractivity contribution < 1.29 is 9.53 Å². The second kappa shape index (κ2) is 10.9. The van der Waals surface area contributed by atoms with Gasteiger partial charge in [-0.1, -0.05) is 54.2 Å². The van der Waals surface area contributed by atoms with Gasteiger partial charge in [-0.3, -0.25) is 9.36 Å². The maximum absolute atomic E-state index is 12.8. The first-order valence-electron chi connectivity index (χ1n) is 10.9. The number of nitrogens with zero attached hydrogens (tertiary/aromatic N) is 4. The summed E-state index contributed by atoms with van der Waals surface area (Å²) in [7, 11) is 3.43. The van der Waals surface area contributed by atoms with Crippen LogP contribution in [0.15, 0.2) is 84.0 Å². The lowest BCUT2D eigenvalue weighted by molar-refractivity contribution is -0.115. The van der Waals surface area contributed by atoms with Crippen LogP contribution < -0.4 is 15.0 Å². The predicted molar refractivity (Wildman–Crippen MR) is 137 cm³/mol. The lowest BCUT2D eigenvalue weighted by Crippen LogP contribution is -2.27.